The lowest BCUT2D eigenvalue weighted by Gasteiger charge is -2.08. The molecule has 0 radical (unpaired) electrons. The van der Waals surface area contributed by atoms with Crippen LogP contribution in [-0.4, -0.2) is 9.97 Å². The largest absolute Gasteiger partial charge is 0.472 e. The van der Waals surface area contributed by atoms with Crippen LogP contribution in [0.25, 0.3) is 0 Å². The number of nitrogens with two attached hydrogens (primary N) is 1. The summed E-state index contributed by atoms with van der Waals surface area (Å²) >= 11 is 1.66. The van der Waals surface area contributed by atoms with E-state index in [9.17, 15) is 0 Å². The Morgan fingerprint density at radius 1 is 1.44 bits per heavy atom. The van der Waals surface area contributed by atoms with E-state index in [0.29, 0.717) is 18.3 Å². The Morgan fingerprint density at radius 3 is 3.00 bits per heavy atom. The molecule has 3 N–H and O–H groups in total. The summed E-state index contributed by atoms with van der Waals surface area (Å²) in [6.07, 6.45) is 1.79. The molecule has 0 unspecified atom stereocenters. The summed E-state index contributed by atoms with van der Waals surface area (Å²) < 4.78 is 5.64. The number of hydrazine groups is 1. The molecular weight excluding hydrogens is 248 g/mol. The molecule has 18 heavy (non-hydrogen) atoms. The van der Waals surface area contributed by atoms with Gasteiger partial charge in [-0.1, -0.05) is 13.0 Å². The molecule has 2 aromatic rings. The number of aromatic nitrogens is 2. The van der Waals surface area contributed by atoms with Crippen molar-refractivity contribution in [1.82, 2.24) is 9.97 Å². The van der Waals surface area contributed by atoms with Gasteiger partial charge in [-0.15, -0.1) is 11.3 Å². The monoisotopic (exact) mass is 264 g/mol. The Balaban J connectivity index is 2.08. The Labute approximate surface area is 110 Å². The first-order chi connectivity index (χ1) is 8.81. The van der Waals surface area contributed by atoms with Crippen LogP contribution < -0.4 is 16.0 Å². The Morgan fingerprint density at radius 2 is 2.33 bits per heavy atom. The van der Waals surface area contributed by atoms with Gasteiger partial charge >= 0.3 is 0 Å². The third kappa shape index (κ3) is 3.41. The highest BCUT2D eigenvalue weighted by molar-refractivity contribution is 7.09. The maximum Gasteiger partial charge on any atom is 0.219 e. The normalized spacial score (nSPS) is 10.3. The van der Waals surface area contributed by atoms with E-state index in [2.05, 4.69) is 22.3 Å². The lowest BCUT2D eigenvalue weighted by molar-refractivity contribution is 0.295. The van der Waals surface area contributed by atoms with E-state index < -0.39 is 0 Å². The van der Waals surface area contributed by atoms with Crippen LogP contribution >= 0.6 is 11.3 Å². The van der Waals surface area contributed by atoms with Crippen LogP contribution in [-0.2, 0) is 13.0 Å². The molecule has 5 nitrogen and oxygen atoms in total. The molecule has 96 valence electrons. The van der Waals surface area contributed by atoms with E-state index in [4.69, 9.17) is 10.6 Å². The van der Waals surface area contributed by atoms with Gasteiger partial charge in [0.1, 0.15) is 18.2 Å². The van der Waals surface area contributed by atoms with Crippen molar-refractivity contribution in [3.63, 3.8) is 0 Å². The predicted molar refractivity (Wildman–Crippen MR) is 72.5 cm³/mol. The van der Waals surface area contributed by atoms with Gasteiger partial charge in [-0.25, -0.2) is 10.8 Å². The molecule has 2 rings (SSSR count). The second-order valence-corrected chi connectivity index (χ2v) is 4.80. The van der Waals surface area contributed by atoms with Crippen molar-refractivity contribution in [3.05, 3.63) is 34.3 Å². The number of nitrogens with one attached hydrogen (secondary N) is 1. The Hall–Kier alpha value is -1.66. The second-order valence-electron chi connectivity index (χ2n) is 3.77. The van der Waals surface area contributed by atoms with E-state index in [0.717, 1.165) is 23.5 Å². The summed E-state index contributed by atoms with van der Waals surface area (Å²) in [5.41, 5.74) is 2.53. The molecule has 6 heteroatoms. The van der Waals surface area contributed by atoms with Crippen LogP contribution in [0.1, 0.15) is 24.0 Å². The number of thiophene rings is 1. The average Bonchev–Trinajstić information content (AvgIpc) is 2.89. The minimum atomic E-state index is 0.518. The fourth-order valence-corrected chi connectivity index (χ4v) is 2.11. The summed E-state index contributed by atoms with van der Waals surface area (Å²) in [5.74, 6) is 7.25. The molecule has 2 heterocycles. The predicted octanol–water partition coefficient (Wildman–Crippen LogP) is 2.36. The number of nitrogen functional groups attached to an aromatic ring is 1. The summed E-state index contributed by atoms with van der Waals surface area (Å²) in [6.45, 7) is 2.60. The number of hydrogen-bond donors (Lipinski definition) is 2. The maximum absolute atomic E-state index is 5.64. The number of nitrogens with zero attached hydrogens (tertiary/aromatic N) is 2. The summed E-state index contributed by atoms with van der Waals surface area (Å²) in [4.78, 5) is 9.77. The number of aryl methyl sites for hydroxylation is 1. The fourth-order valence-electron chi connectivity index (χ4n) is 1.50. The third-order valence-electron chi connectivity index (χ3n) is 2.31. The van der Waals surface area contributed by atoms with Gasteiger partial charge in [-0.2, -0.15) is 4.98 Å². The molecule has 0 saturated carbocycles. The van der Waals surface area contributed by atoms with Crippen LogP contribution in [0.5, 0.6) is 5.88 Å². The van der Waals surface area contributed by atoms with Gasteiger partial charge in [0, 0.05) is 17.4 Å². The highest BCUT2D eigenvalue weighted by atomic mass is 32.1. The van der Waals surface area contributed by atoms with E-state index >= 15 is 0 Å². The summed E-state index contributed by atoms with van der Waals surface area (Å²) in [6, 6.07) is 5.73. The minimum Gasteiger partial charge on any atom is -0.472 e. The zero-order chi connectivity index (χ0) is 12.8. The average molecular weight is 264 g/mol. The first-order valence-electron chi connectivity index (χ1n) is 5.81. The fraction of sp³-hybridized carbons (Fsp3) is 0.333. The van der Waals surface area contributed by atoms with Crippen molar-refractivity contribution in [2.75, 3.05) is 5.43 Å². The van der Waals surface area contributed by atoms with E-state index in [-0.39, 0.29) is 0 Å². The molecule has 0 saturated heterocycles. The molecule has 0 aromatic carbocycles. The molecule has 0 atom stereocenters. The zero-order valence-corrected chi connectivity index (χ0v) is 11.0. The van der Waals surface area contributed by atoms with Crippen LogP contribution in [0.4, 0.5) is 5.82 Å². The Bertz CT molecular complexity index is 487. The maximum atomic E-state index is 5.64. The molecule has 2 aromatic heterocycles. The van der Waals surface area contributed by atoms with Crippen LogP contribution in [0.15, 0.2) is 23.6 Å². The van der Waals surface area contributed by atoms with Crippen LogP contribution in [0, 0.1) is 0 Å². The summed E-state index contributed by atoms with van der Waals surface area (Å²) in [7, 11) is 0. The van der Waals surface area contributed by atoms with Crippen LogP contribution in [0.3, 0.4) is 0 Å². The van der Waals surface area contributed by atoms with Gasteiger partial charge in [0.2, 0.25) is 5.88 Å². The van der Waals surface area contributed by atoms with Crippen molar-refractivity contribution in [1.29, 1.82) is 0 Å². The topological polar surface area (TPSA) is 73.1 Å². The quantitative estimate of drug-likeness (QED) is 0.619. The van der Waals surface area contributed by atoms with Crippen molar-refractivity contribution in [3.8, 4) is 5.88 Å². The lowest BCUT2D eigenvalue weighted by Crippen LogP contribution is -2.11. The molecule has 0 amide bonds. The SMILES string of the molecule is CCCc1nc(NN)cc(OCc2cccs2)n1. The lowest BCUT2D eigenvalue weighted by atomic mass is 10.3. The van der Waals surface area contributed by atoms with Crippen LogP contribution in [0.2, 0.25) is 0 Å². The standard InChI is InChI=1S/C12H16N4OS/c1-2-4-10-14-11(16-13)7-12(15-10)17-8-9-5-3-6-18-9/h3,5-7H,2,4,8,13H2,1H3,(H,14,15,16). The van der Waals surface area contributed by atoms with Gasteiger partial charge in [0.15, 0.2) is 0 Å². The smallest absolute Gasteiger partial charge is 0.219 e. The summed E-state index contributed by atoms with van der Waals surface area (Å²) in [5, 5.41) is 2.02. The number of rotatable bonds is 6. The molecule has 0 aliphatic heterocycles. The highest BCUT2D eigenvalue weighted by Gasteiger charge is 2.05. The molecule has 0 aliphatic carbocycles. The minimum absolute atomic E-state index is 0.518. The molecular formula is C12H16N4OS. The molecule has 0 bridgehead atoms. The third-order valence-corrected chi connectivity index (χ3v) is 3.16. The molecule has 0 fully saturated rings. The van der Waals surface area contributed by atoms with Crippen molar-refractivity contribution >= 4 is 17.2 Å². The highest BCUT2D eigenvalue weighted by Crippen LogP contribution is 2.17. The zero-order valence-electron chi connectivity index (χ0n) is 10.2. The van der Waals surface area contributed by atoms with Gasteiger partial charge in [0.25, 0.3) is 0 Å². The van der Waals surface area contributed by atoms with Gasteiger partial charge in [-0.05, 0) is 17.9 Å². The van der Waals surface area contributed by atoms with E-state index in [1.807, 2.05) is 17.5 Å². The van der Waals surface area contributed by atoms with Gasteiger partial charge in [-0.3, -0.25) is 0 Å². The Kier molecular flexibility index (Phi) is 4.49. The van der Waals surface area contributed by atoms with E-state index in [1.54, 1.807) is 17.4 Å². The number of ether oxygens (including phenoxy) is 1. The first-order valence-corrected chi connectivity index (χ1v) is 6.69. The number of hydrogen-bond acceptors (Lipinski definition) is 6. The van der Waals surface area contributed by atoms with Gasteiger partial charge < -0.3 is 10.2 Å². The van der Waals surface area contributed by atoms with Crippen molar-refractivity contribution in [2.45, 2.75) is 26.4 Å². The van der Waals surface area contributed by atoms with Crippen molar-refractivity contribution < 1.29 is 4.74 Å². The second kappa shape index (κ2) is 6.32. The van der Waals surface area contributed by atoms with E-state index in [1.165, 1.54) is 0 Å². The van der Waals surface area contributed by atoms with Gasteiger partial charge in [0.05, 0.1) is 0 Å². The number of anilines is 1. The molecule has 0 aliphatic rings. The molecule has 0 spiro atoms. The first kappa shape index (κ1) is 12.8. The van der Waals surface area contributed by atoms with Crippen molar-refractivity contribution in [2.24, 2.45) is 5.84 Å².